The highest BCUT2D eigenvalue weighted by atomic mass is 32.1. The van der Waals surface area contributed by atoms with Gasteiger partial charge in [0.1, 0.15) is 17.7 Å². The summed E-state index contributed by atoms with van der Waals surface area (Å²) in [6, 6.07) is 4.82. The van der Waals surface area contributed by atoms with Gasteiger partial charge in [-0.15, -0.1) is 13.0 Å². The maximum Gasteiger partial charge on any atom is 0.408 e. The van der Waals surface area contributed by atoms with E-state index in [4.69, 9.17) is 11.2 Å². The largest absolute Gasteiger partial charge is 0.444 e. The van der Waals surface area contributed by atoms with E-state index >= 15 is 0 Å². The molecule has 3 amide bonds. The molecule has 3 unspecified atom stereocenters. The summed E-state index contributed by atoms with van der Waals surface area (Å²) in [5, 5.41) is 5.55. The molecule has 0 heterocycles. The van der Waals surface area contributed by atoms with Crippen LogP contribution in [0.15, 0.2) is 36.9 Å². The fourth-order valence-corrected chi connectivity index (χ4v) is 3.69. The van der Waals surface area contributed by atoms with Gasteiger partial charge in [0.15, 0.2) is 0 Å². The number of nitrogens with one attached hydrogen (secondary N) is 2. The Balaban J connectivity index is 3.43. The zero-order valence-electron chi connectivity index (χ0n) is 20.8. The quantitative estimate of drug-likeness (QED) is 0.251. The van der Waals surface area contributed by atoms with Crippen LogP contribution in [0.25, 0.3) is 0 Å². The summed E-state index contributed by atoms with van der Waals surface area (Å²) in [6.45, 7) is 12.9. The first kappa shape index (κ1) is 29.1. The molecule has 0 radical (unpaired) electrons. The van der Waals surface area contributed by atoms with Crippen molar-refractivity contribution in [2.24, 2.45) is 0 Å². The van der Waals surface area contributed by atoms with Crippen molar-refractivity contribution in [2.75, 3.05) is 12.3 Å². The minimum atomic E-state index is -1.03. The molecule has 3 atom stereocenters. The average molecular weight is 488 g/mol. The Labute approximate surface area is 209 Å². The second-order valence-electron chi connectivity index (χ2n) is 8.99. The van der Waals surface area contributed by atoms with Gasteiger partial charge in [0.25, 0.3) is 0 Å². The van der Waals surface area contributed by atoms with Gasteiger partial charge < -0.3 is 20.3 Å². The van der Waals surface area contributed by atoms with Crippen LogP contribution < -0.4 is 10.6 Å². The SMILES string of the molecule is C#Cc1ccccc1C(C(=O)NC(C)CCC)N(CC=C)C(=O)C(CS)NC(=O)OC(C)(C)C. The van der Waals surface area contributed by atoms with Crippen LogP contribution in [-0.4, -0.2) is 52.8 Å². The topological polar surface area (TPSA) is 87.7 Å². The number of hydrogen-bond donors (Lipinski definition) is 3. The molecule has 2 N–H and O–H groups in total. The summed E-state index contributed by atoms with van der Waals surface area (Å²) in [4.78, 5) is 40.8. The van der Waals surface area contributed by atoms with E-state index in [1.807, 2.05) is 13.8 Å². The van der Waals surface area contributed by atoms with Crippen molar-refractivity contribution in [2.45, 2.75) is 71.2 Å². The van der Waals surface area contributed by atoms with Crippen molar-refractivity contribution < 1.29 is 19.1 Å². The van der Waals surface area contributed by atoms with Crippen molar-refractivity contribution in [1.82, 2.24) is 15.5 Å². The lowest BCUT2D eigenvalue weighted by molar-refractivity contribution is -0.141. The van der Waals surface area contributed by atoms with Gasteiger partial charge in [0, 0.05) is 23.9 Å². The minimum Gasteiger partial charge on any atom is -0.444 e. The van der Waals surface area contributed by atoms with Crippen molar-refractivity contribution in [3.8, 4) is 12.3 Å². The second-order valence-corrected chi connectivity index (χ2v) is 9.36. The number of thiol groups is 1. The molecule has 0 aliphatic rings. The molecule has 0 fully saturated rings. The van der Waals surface area contributed by atoms with Crippen LogP contribution >= 0.6 is 12.6 Å². The summed E-state index contributed by atoms with van der Waals surface area (Å²) < 4.78 is 5.29. The van der Waals surface area contributed by atoms with Crippen LogP contribution in [0.5, 0.6) is 0 Å². The first-order valence-electron chi connectivity index (χ1n) is 11.4. The molecule has 34 heavy (non-hydrogen) atoms. The number of carbonyl (C=O) groups excluding carboxylic acids is 3. The van der Waals surface area contributed by atoms with E-state index in [2.05, 4.69) is 35.8 Å². The first-order chi connectivity index (χ1) is 16.0. The molecule has 7 nitrogen and oxygen atoms in total. The predicted octanol–water partition coefficient (Wildman–Crippen LogP) is 3.85. The summed E-state index contributed by atoms with van der Waals surface area (Å²) in [5.74, 6) is 1.73. The molecule has 1 rings (SSSR count). The third kappa shape index (κ3) is 8.79. The highest BCUT2D eigenvalue weighted by molar-refractivity contribution is 7.80. The number of hydrogen-bond acceptors (Lipinski definition) is 5. The second kappa shape index (κ2) is 13.7. The summed E-state index contributed by atoms with van der Waals surface area (Å²) >= 11 is 4.26. The lowest BCUT2D eigenvalue weighted by Gasteiger charge is -2.34. The van der Waals surface area contributed by atoms with Crippen molar-refractivity contribution in [1.29, 1.82) is 0 Å². The molecule has 1 aromatic carbocycles. The van der Waals surface area contributed by atoms with E-state index in [0.29, 0.717) is 11.1 Å². The van der Waals surface area contributed by atoms with E-state index in [-0.39, 0.29) is 24.2 Å². The van der Waals surface area contributed by atoms with Gasteiger partial charge in [0.05, 0.1) is 0 Å². The van der Waals surface area contributed by atoms with Crippen LogP contribution in [0.3, 0.4) is 0 Å². The molecule has 0 aromatic heterocycles. The number of nitrogens with zero attached hydrogens (tertiary/aromatic N) is 1. The average Bonchev–Trinajstić information content (AvgIpc) is 2.75. The Morgan fingerprint density at radius 2 is 1.91 bits per heavy atom. The Kier molecular flexibility index (Phi) is 11.7. The summed E-state index contributed by atoms with van der Waals surface area (Å²) in [6.07, 6.45) is 8.15. The van der Waals surface area contributed by atoms with Crippen LogP contribution in [0.4, 0.5) is 4.79 Å². The van der Waals surface area contributed by atoms with Crippen LogP contribution in [0.1, 0.15) is 64.6 Å². The molecule has 0 saturated heterocycles. The van der Waals surface area contributed by atoms with Crippen LogP contribution in [-0.2, 0) is 14.3 Å². The number of alkyl carbamates (subject to hydrolysis) is 1. The smallest absolute Gasteiger partial charge is 0.408 e. The number of terminal acetylenes is 1. The Morgan fingerprint density at radius 1 is 1.26 bits per heavy atom. The van der Waals surface area contributed by atoms with Crippen LogP contribution in [0, 0.1) is 12.3 Å². The molecule has 1 aromatic rings. The minimum absolute atomic E-state index is 0.00306. The van der Waals surface area contributed by atoms with Gasteiger partial charge in [0.2, 0.25) is 11.8 Å². The highest BCUT2D eigenvalue weighted by Gasteiger charge is 2.36. The predicted molar refractivity (Wildman–Crippen MR) is 139 cm³/mol. The molecule has 0 aliphatic carbocycles. The van der Waals surface area contributed by atoms with Crippen molar-refractivity contribution in [3.05, 3.63) is 48.0 Å². The van der Waals surface area contributed by atoms with Crippen molar-refractivity contribution >= 4 is 30.5 Å². The third-order valence-corrected chi connectivity index (χ3v) is 5.23. The lowest BCUT2D eigenvalue weighted by atomic mass is 9.97. The fourth-order valence-electron chi connectivity index (χ4n) is 3.44. The van der Waals surface area contributed by atoms with Crippen molar-refractivity contribution in [3.63, 3.8) is 0 Å². The molecule has 186 valence electrons. The Morgan fingerprint density at radius 3 is 2.44 bits per heavy atom. The first-order valence-corrected chi connectivity index (χ1v) is 12.0. The van der Waals surface area contributed by atoms with Gasteiger partial charge in [-0.1, -0.05) is 43.5 Å². The molecular formula is C26H37N3O4S. The standard InChI is InChI=1S/C26H37N3O4S/c1-8-13-18(4)27-23(30)22(20-15-12-11-14-19(20)10-3)29(16-9-2)24(31)21(17-34)28-25(32)33-26(5,6)7/h3,9,11-12,14-15,18,21-22,34H,2,8,13,16-17H2,1,4-7H3,(H,27,30)(H,28,32). The fraction of sp³-hybridized carbons (Fsp3) is 0.500. The maximum absolute atomic E-state index is 13.6. The zero-order chi connectivity index (χ0) is 25.9. The monoisotopic (exact) mass is 487 g/mol. The Hall–Kier alpha value is -2.92. The van der Waals surface area contributed by atoms with Gasteiger partial charge in [-0.05, 0) is 45.7 Å². The molecule has 0 saturated carbocycles. The molecule has 0 aliphatic heterocycles. The summed E-state index contributed by atoms with van der Waals surface area (Å²) in [7, 11) is 0. The lowest BCUT2D eigenvalue weighted by Crippen LogP contribution is -2.54. The van der Waals surface area contributed by atoms with E-state index in [1.165, 1.54) is 11.0 Å². The summed E-state index contributed by atoms with van der Waals surface area (Å²) in [5.41, 5.74) is 0.269. The normalized spacial score (nSPS) is 13.6. The number of amides is 3. The number of benzene rings is 1. The van der Waals surface area contributed by atoms with Gasteiger partial charge in [-0.25, -0.2) is 4.79 Å². The molecular weight excluding hydrogens is 450 g/mol. The molecule has 8 heteroatoms. The number of carbonyl (C=O) groups is 3. The molecule has 0 bridgehead atoms. The van der Waals surface area contributed by atoms with E-state index in [9.17, 15) is 14.4 Å². The maximum atomic E-state index is 13.6. The van der Waals surface area contributed by atoms with Gasteiger partial charge >= 0.3 is 6.09 Å². The van der Waals surface area contributed by atoms with Gasteiger partial charge in [-0.2, -0.15) is 12.6 Å². The van der Waals surface area contributed by atoms with Gasteiger partial charge in [-0.3, -0.25) is 9.59 Å². The number of rotatable bonds is 11. The van der Waals surface area contributed by atoms with E-state index in [1.54, 1.807) is 45.0 Å². The van der Waals surface area contributed by atoms with Crippen LogP contribution in [0.2, 0.25) is 0 Å². The molecule has 0 spiro atoms. The highest BCUT2D eigenvalue weighted by Crippen LogP contribution is 2.26. The Bertz CT molecular complexity index is 904. The van der Waals surface area contributed by atoms with E-state index < -0.39 is 29.7 Å². The van der Waals surface area contributed by atoms with E-state index in [0.717, 1.165) is 12.8 Å². The number of ether oxygens (including phenoxy) is 1. The third-order valence-electron chi connectivity index (χ3n) is 4.86. The zero-order valence-corrected chi connectivity index (χ0v) is 21.7.